The summed E-state index contributed by atoms with van der Waals surface area (Å²) in [5.41, 5.74) is 0.374. The number of halogens is 1. The van der Waals surface area contributed by atoms with Crippen molar-refractivity contribution in [1.82, 2.24) is 5.32 Å². The minimum Gasteiger partial charge on any atom is -0.458 e. The smallest absolute Gasteiger partial charge is 0.169 e. The van der Waals surface area contributed by atoms with Crippen LogP contribution in [0.3, 0.4) is 0 Å². The highest BCUT2D eigenvalue weighted by molar-refractivity contribution is 5.78. The van der Waals surface area contributed by atoms with Gasteiger partial charge in [0, 0.05) is 17.3 Å². The Morgan fingerprint density at radius 3 is 2.79 bits per heavy atom. The van der Waals surface area contributed by atoms with Crippen LogP contribution in [0.2, 0.25) is 0 Å². The van der Waals surface area contributed by atoms with Crippen molar-refractivity contribution in [1.29, 1.82) is 0 Å². The van der Waals surface area contributed by atoms with Crippen molar-refractivity contribution in [2.75, 3.05) is 6.54 Å². The highest BCUT2D eigenvalue weighted by Crippen LogP contribution is 2.29. The third-order valence-corrected chi connectivity index (χ3v) is 3.45. The fourth-order valence-electron chi connectivity index (χ4n) is 2.41. The molecule has 0 aliphatic heterocycles. The fraction of sp³-hybridized carbons (Fsp3) is 0.500. The van der Waals surface area contributed by atoms with Gasteiger partial charge in [-0.2, -0.15) is 0 Å². The first-order valence-electron chi connectivity index (χ1n) is 7.03. The summed E-state index contributed by atoms with van der Waals surface area (Å²) in [7, 11) is 0. The monoisotopic (exact) mass is 263 g/mol. The number of benzene rings is 1. The van der Waals surface area contributed by atoms with E-state index in [0.717, 1.165) is 30.5 Å². The molecule has 1 aromatic carbocycles. The summed E-state index contributed by atoms with van der Waals surface area (Å²) in [5.74, 6) is 0.865. The predicted molar refractivity (Wildman–Crippen MR) is 77.0 cm³/mol. The van der Waals surface area contributed by atoms with Gasteiger partial charge in [-0.25, -0.2) is 4.39 Å². The molecule has 2 nitrogen and oxygen atoms in total. The first-order valence-corrected chi connectivity index (χ1v) is 7.03. The quantitative estimate of drug-likeness (QED) is 0.832. The average Bonchev–Trinajstić information content (AvgIpc) is 2.82. The van der Waals surface area contributed by atoms with Gasteiger partial charge in [0.1, 0.15) is 5.76 Å². The Balaban J connectivity index is 2.09. The molecular formula is C16H22FNO. The van der Waals surface area contributed by atoms with Gasteiger partial charge in [0.25, 0.3) is 0 Å². The molecule has 2 atom stereocenters. The lowest BCUT2D eigenvalue weighted by Crippen LogP contribution is -2.27. The summed E-state index contributed by atoms with van der Waals surface area (Å²) in [5, 5.41) is 4.31. The third-order valence-electron chi connectivity index (χ3n) is 3.45. The van der Waals surface area contributed by atoms with E-state index in [-0.39, 0.29) is 11.7 Å². The van der Waals surface area contributed by atoms with E-state index < -0.39 is 0 Å². The average molecular weight is 263 g/mol. The van der Waals surface area contributed by atoms with E-state index in [2.05, 4.69) is 26.1 Å². The highest BCUT2D eigenvalue weighted by Gasteiger charge is 2.16. The van der Waals surface area contributed by atoms with Crippen molar-refractivity contribution >= 4 is 11.0 Å². The number of furan rings is 1. The summed E-state index contributed by atoms with van der Waals surface area (Å²) in [6.07, 6.45) is 2.12. The van der Waals surface area contributed by atoms with Crippen molar-refractivity contribution in [3.05, 3.63) is 35.8 Å². The molecule has 0 spiro atoms. The second kappa shape index (κ2) is 6.20. The van der Waals surface area contributed by atoms with Crippen molar-refractivity contribution in [2.45, 2.75) is 45.6 Å². The van der Waals surface area contributed by atoms with Crippen molar-refractivity contribution in [3.8, 4) is 0 Å². The summed E-state index contributed by atoms with van der Waals surface area (Å²) < 4.78 is 19.2. The van der Waals surface area contributed by atoms with Gasteiger partial charge in [-0.05, 0) is 38.4 Å². The second-order valence-corrected chi connectivity index (χ2v) is 5.30. The zero-order valence-electron chi connectivity index (χ0n) is 11.9. The van der Waals surface area contributed by atoms with Crippen LogP contribution in [0.5, 0.6) is 0 Å². The Morgan fingerprint density at radius 1 is 1.32 bits per heavy atom. The normalized spacial score (nSPS) is 14.7. The van der Waals surface area contributed by atoms with Gasteiger partial charge in [-0.1, -0.05) is 26.0 Å². The molecule has 1 heterocycles. The standard InChI is InChI=1S/C16H22FNO/c1-4-8-18-12(3)9-11(2)15-10-13-6-5-7-14(17)16(13)19-15/h5-7,10-12,18H,4,8-9H2,1-3H3. The number of para-hydroxylation sites is 1. The van der Waals surface area contributed by atoms with Crippen LogP contribution >= 0.6 is 0 Å². The largest absolute Gasteiger partial charge is 0.458 e. The molecule has 2 rings (SSSR count). The minimum absolute atomic E-state index is 0.283. The van der Waals surface area contributed by atoms with Crippen LogP contribution in [0.25, 0.3) is 11.0 Å². The molecule has 0 saturated heterocycles. The van der Waals surface area contributed by atoms with Gasteiger partial charge in [-0.3, -0.25) is 0 Å². The van der Waals surface area contributed by atoms with E-state index >= 15 is 0 Å². The van der Waals surface area contributed by atoms with Crippen LogP contribution in [0.1, 0.15) is 45.3 Å². The molecule has 0 amide bonds. The Hall–Kier alpha value is -1.35. The molecule has 0 aliphatic rings. The van der Waals surface area contributed by atoms with Gasteiger partial charge in [-0.15, -0.1) is 0 Å². The summed E-state index contributed by atoms with van der Waals surface area (Å²) >= 11 is 0. The Bertz CT molecular complexity index is 535. The van der Waals surface area contributed by atoms with E-state index in [0.29, 0.717) is 11.6 Å². The van der Waals surface area contributed by atoms with Gasteiger partial charge < -0.3 is 9.73 Å². The van der Waals surface area contributed by atoms with Crippen LogP contribution in [-0.4, -0.2) is 12.6 Å². The fourth-order valence-corrected chi connectivity index (χ4v) is 2.41. The Labute approximate surface area is 114 Å². The molecule has 1 N–H and O–H groups in total. The topological polar surface area (TPSA) is 25.2 Å². The maximum absolute atomic E-state index is 13.6. The summed E-state index contributed by atoms with van der Waals surface area (Å²) in [6, 6.07) is 7.43. The van der Waals surface area contributed by atoms with Crippen molar-refractivity contribution in [2.24, 2.45) is 0 Å². The molecule has 0 saturated carbocycles. The predicted octanol–water partition coefficient (Wildman–Crippen LogP) is 4.45. The lowest BCUT2D eigenvalue weighted by Gasteiger charge is -2.16. The van der Waals surface area contributed by atoms with Crippen LogP contribution in [-0.2, 0) is 0 Å². The number of nitrogens with one attached hydrogen (secondary N) is 1. The van der Waals surface area contributed by atoms with Crippen LogP contribution in [0.4, 0.5) is 4.39 Å². The van der Waals surface area contributed by atoms with Crippen LogP contribution in [0, 0.1) is 5.82 Å². The zero-order chi connectivity index (χ0) is 13.8. The molecule has 0 aliphatic carbocycles. The summed E-state index contributed by atoms with van der Waals surface area (Å²) in [6.45, 7) is 7.49. The molecule has 0 radical (unpaired) electrons. The molecule has 104 valence electrons. The van der Waals surface area contributed by atoms with Crippen molar-refractivity contribution in [3.63, 3.8) is 0 Å². The second-order valence-electron chi connectivity index (χ2n) is 5.30. The van der Waals surface area contributed by atoms with Gasteiger partial charge in [0.05, 0.1) is 0 Å². The first-order chi connectivity index (χ1) is 9.11. The van der Waals surface area contributed by atoms with Crippen LogP contribution in [0.15, 0.2) is 28.7 Å². The highest BCUT2D eigenvalue weighted by atomic mass is 19.1. The SMILES string of the molecule is CCCNC(C)CC(C)c1cc2cccc(F)c2o1. The van der Waals surface area contributed by atoms with E-state index in [1.807, 2.05) is 12.1 Å². The third kappa shape index (κ3) is 3.35. The van der Waals surface area contributed by atoms with E-state index in [9.17, 15) is 4.39 Å². The first kappa shape index (κ1) is 14.1. The molecule has 2 unspecified atom stereocenters. The number of hydrogen-bond acceptors (Lipinski definition) is 2. The lowest BCUT2D eigenvalue weighted by molar-refractivity contribution is 0.425. The minimum atomic E-state index is -0.284. The number of fused-ring (bicyclic) bond motifs is 1. The maximum atomic E-state index is 13.6. The molecule has 2 aromatic rings. The molecule has 1 aromatic heterocycles. The van der Waals surface area contributed by atoms with E-state index in [4.69, 9.17) is 4.42 Å². The van der Waals surface area contributed by atoms with Gasteiger partial charge in [0.2, 0.25) is 0 Å². The van der Waals surface area contributed by atoms with E-state index in [1.54, 1.807) is 6.07 Å². The number of hydrogen-bond donors (Lipinski definition) is 1. The van der Waals surface area contributed by atoms with Gasteiger partial charge >= 0.3 is 0 Å². The molecular weight excluding hydrogens is 241 g/mol. The zero-order valence-corrected chi connectivity index (χ0v) is 11.9. The van der Waals surface area contributed by atoms with Crippen LogP contribution < -0.4 is 5.32 Å². The van der Waals surface area contributed by atoms with E-state index in [1.165, 1.54) is 6.07 Å². The molecule has 0 fully saturated rings. The number of rotatable bonds is 6. The van der Waals surface area contributed by atoms with Crippen molar-refractivity contribution < 1.29 is 8.81 Å². The Morgan fingerprint density at radius 2 is 2.11 bits per heavy atom. The maximum Gasteiger partial charge on any atom is 0.169 e. The molecule has 0 bridgehead atoms. The van der Waals surface area contributed by atoms with Gasteiger partial charge in [0.15, 0.2) is 11.4 Å². The Kier molecular flexibility index (Phi) is 4.59. The lowest BCUT2D eigenvalue weighted by atomic mass is 10.00. The molecule has 19 heavy (non-hydrogen) atoms. The summed E-state index contributed by atoms with van der Waals surface area (Å²) in [4.78, 5) is 0. The molecule has 3 heteroatoms.